The molecule has 3 heterocycles. The van der Waals surface area contributed by atoms with Crippen molar-refractivity contribution in [3.63, 3.8) is 0 Å². The third kappa shape index (κ3) is 2.19. The van der Waals surface area contributed by atoms with Gasteiger partial charge in [-0.3, -0.25) is 4.79 Å². The molecule has 106 valence electrons. The Bertz CT molecular complexity index is 567. The van der Waals surface area contributed by atoms with Gasteiger partial charge in [0.2, 0.25) is 0 Å². The average molecular weight is 293 g/mol. The Balaban J connectivity index is 1.88. The van der Waals surface area contributed by atoms with Gasteiger partial charge in [-0.15, -0.1) is 11.3 Å². The van der Waals surface area contributed by atoms with E-state index in [1.807, 2.05) is 17.5 Å². The molecule has 1 atom stereocenters. The van der Waals surface area contributed by atoms with Gasteiger partial charge in [0.25, 0.3) is 5.91 Å². The first kappa shape index (κ1) is 13.1. The van der Waals surface area contributed by atoms with Crippen molar-refractivity contribution in [1.29, 1.82) is 0 Å². The van der Waals surface area contributed by atoms with E-state index in [1.54, 1.807) is 12.0 Å². The zero-order chi connectivity index (χ0) is 14.1. The fraction of sp³-hybridized carbons (Fsp3) is 0.385. The van der Waals surface area contributed by atoms with Crippen LogP contribution in [0.2, 0.25) is 0 Å². The molecule has 20 heavy (non-hydrogen) atoms. The number of urea groups is 1. The van der Waals surface area contributed by atoms with Crippen molar-refractivity contribution in [2.45, 2.75) is 6.04 Å². The molecule has 2 N–H and O–H groups in total. The first-order valence-corrected chi connectivity index (χ1v) is 7.21. The number of nitrogens with one attached hydrogen (secondary N) is 2. The van der Waals surface area contributed by atoms with Crippen LogP contribution in [0.1, 0.15) is 10.9 Å². The summed E-state index contributed by atoms with van der Waals surface area (Å²) in [6.07, 6.45) is 0. The number of carbonyl (C=O) groups is 2. The maximum absolute atomic E-state index is 12.5. The molecular formula is C13H15N3O3S. The molecule has 0 fully saturated rings. The summed E-state index contributed by atoms with van der Waals surface area (Å²) in [4.78, 5) is 26.9. The first-order valence-electron chi connectivity index (χ1n) is 6.33. The average Bonchev–Trinajstić information content (AvgIpc) is 3.04. The van der Waals surface area contributed by atoms with Gasteiger partial charge in [0.15, 0.2) is 0 Å². The Morgan fingerprint density at radius 1 is 1.50 bits per heavy atom. The second-order valence-corrected chi connectivity index (χ2v) is 5.64. The molecule has 0 aliphatic carbocycles. The number of amides is 3. The maximum Gasteiger partial charge on any atom is 0.319 e. The van der Waals surface area contributed by atoms with Crippen LogP contribution in [-0.4, -0.2) is 43.6 Å². The Morgan fingerprint density at radius 2 is 2.35 bits per heavy atom. The van der Waals surface area contributed by atoms with Crippen LogP contribution < -0.4 is 10.6 Å². The lowest BCUT2D eigenvalue weighted by Crippen LogP contribution is -2.44. The molecule has 1 aromatic rings. The van der Waals surface area contributed by atoms with E-state index < -0.39 is 0 Å². The van der Waals surface area contributed by atoms with Crippen LogP contribution in [0.3, 0.4) is 0 Å². The van der Waals surface area contributed by atoms with Crippen LogP contribution in [0.5, 0.6) is 0 Å². The molecule has 3 rings (SSSR count). The Hall–Kier alpha value is -1.86. The highest BCUT2D eigenvalue weighted by molar-refractivity contribution is 7.10. The summed E-state index contributed by atoms with van der Waals surface area (Å²) in [6.45, 7) is 1.44. The number of rotatable bonds is 4. The minimum atomic E-state index is -0.348. The molecule has 0 unspecified atom stereocenters. The van der Waals surface area contributed by atoms with Gasteiger partial charge < -0.3 is 20.3 Å². The molecule has 2 aliphatic rings. The summed E-state index contributed by atoms with van der Waals surface area (Å²) in [5.74, 6) is -0.0389. The predicted octanol–water partition coefficient (Wildman–Crippen LogP) is 0.845. The van der Waals surface area contributed by atoms with Gasteiger partial charge in [0.05, 0.1) is 30.5 Å². The maximum atomic E-state index is 12.5. The summed E-state index contributed by atoms with van der Waals surface area (Å²) in [7, 11) is 1.60. The Morgan fingerprint density at radius 3 is 3.05 bits per heavy atom. The molecule has 0 saturated heterocycles. The van der Waals surface area contributed by atoms with Crippen LogP contribution in [0.15, 0.2) is 28.8 Å². The topological polar surface area (TPSA) is 70.7 Å². The standard InChI is InChI=1S/C13H15N3O3S/c1-19-5-4-16-7-8-10(12(16)17)11(15-13(18)14-8)9-3-2-6-20-9/h2-3,6,11H,4-5,7H2,1H3,(H2,14,15,18)/t11-/m0/s1. The summed E-state index contributed by atoms with van der Waals surface area (Å²) >= 11 is 1.53. The quantitative estimate of drug-likeness (QED) is 0.864. The van der Waals surface area contributed by atoms with Crippen molar-refractivity contribution in [2.75, 3.05) is 26.8 Å². The Labute approximate surface area is 120 Å². The minimum Gasteiger partial charge on any atom is -0.383 e. The van der Waals surface area contributed by atoms with E-state index in [9.17, 15) is 9.59 Å². The highest BCUT2D eigenvalue weighted by atomic mass is 32.1. The van der Waals surface area contributed by atoms with E-state index in [0.29, 0.717) is 31.0 Å². The van der Waals surface area contributed by atoms with E-state index in [-0.39, 0.29) is 18.0 Å². The lowest BCUT2D eigenvalue weighted by Gasteiger charge is -2.24. The molecule has 6 nitrogen and oxygen atoms in total. The lowest BCUT2D eigenvalue weighted by molar-refractivity contribution is -0.126. The monoisotopic (exact) mass is 293 g/mol. The summed E-state index contributed by atoms with van der Waals surface area (Å²) < 4.78 is 5.01. The largest absolute Gasteiger partial charge is 0.383 e. The van der Waals surface area contributed by atoms with Crippen molar-refractivity contribution in [3.8, 4) is 0 Å². The second-order valence-electron chi connectivity index (χ2n) is 4.66. The van der Waals surface area contributed by atoms with Gasteiger partial charge in [0, 0.05) is 18.5 Å². The van der Waals surface area contributed by atoms with E-state index in [4.69, 9.17) is 4.74 Å². The van der Waals surface area contributed by atoms with E-state index in [1.165, 1.54) is 11.3 Å². The SMILES string of the molecule is COCCN1CC2=C(C1=O)[C@H](c1cccs1)NC(=O)N2. The molecule has 0 saturated carbocycles. The lowest BCUT2D eigenvalue weighted by atomic mass is 10.0. The molecular weight excluding hydrogens is 278 g/mol. The normalized spacial score (nSPS) is 21.9. The van der Waals surface area contributed by atoms with Crippen LogP contribution >= 0.6 is 11.3 Å². The highest BCUT2D eigenvalue weighted by Gasteiger charge is 2.40. The van der Waals surface area contributed by atoms with Gasteiger partial charge in [-0.05, 0) is 11.4 Å². The first-order chi connectivity index (χ1) is 9.70. The van der Waals surface area contributed by atoms with Crippen molar-refractivity contribution >= 4 is 23.3 Å². The van der Waals surface area contributed by atoms with Crippen molar-refractivity contribution in [1.82, 2.24) is 15.5 Å². The molecule has 1 aromatic heterocycles. The fourth-order valence-electron chi connectivity index (χ4n) is 2.48. The number of thiophene rings is 1. The summed E-state index contributed by atoms with van der Waals surface area (Å²) in [5, 5.41) is 7.50. The molecule has 2 aliphatic heterocycles. The van der Waals surface area contributed by atoms with Gasteiger partial charge in [-0.1, -0.05) is 6.07 Å². The third-order valence-electron chi connectivity index (χ3n) is 3.41. The number of nitrogens with zero attached hydrogens (tertiary/aromatic N) is 1. The van der Waals surface area contributed by atoms with Gasteiger partial charge in [-0.25, -0.2) is 4.79 Å². The van der Waals surface area contributed by atoms with E-state index in [0.717, 1.165) is 4.88 Å². The number of carbonyl (C=O) groups excluding carboxylic acids is 2. The predicted molar refractivity (Wildman–Crippen MR) is 74.2 cm³/mol. The molecule has 0 spiro atoms. The van der Waals surface area contributed by atoms with Crippen LogP contribution in [0.25, 0.3) is 0 Å². The van der Waals surface area contributed by atoms with Gasteiger partial charge in [-0.2, -0.15) is 0 Å². The van der Waals surface area contributed by atoms with Crippen molar-refractivity contribution in [3.05, 3.63) is 33.7 Å². The number of hydrogen-bond acceptors (Lipinski definition) is 4. The minimum absolute atomic E-state index is 0.0389. The highest BCUT2D eigenvalue weighted by Crippen LogP contribution is 2.34. The summed E-state index contributed by atoms with van der Waals surface area (Å²) in [6, 6.07) is 3.23. The van der Waals surface area contributed by atoms with Crippen LogP contribution in [0, 0.1) is 0 Å². The third-order valence-corrected chi connectivity index (χ3v) is 4.35. The van der Waals surface area contributed by atoms with E-state index in [2.05, 4.69) is 10.6 Å². The van der Waals surface area contributed by atoms with Gasteiger partial charge in [0.1, 0.15) is 0 Å². The fourth-order valence-corrected chi connectivity index (χ4v) is 3.26. The smallest absolute Gasteiger partial charge is 0.319 e. The van der Waals surface area contributed by atoms with Crippen LogP contribution in [0.4, 0.5) is 4.79 Å². The second kappa shape index (κ2) is 5.26. The number of hydrogen-bond donors (Lipinski definition) is 2. The van der Waals surface area contributed by atoms with Crippen molar-refractivity contribution in [2.24, 2.45) is 0 Å². The zero-order valence-electron chi connectivity index (χ0n) is 11.0. The van der Waals surface area contributed by atoms with Crippen molar-refractivity contribution < 1.29 is 14.3 Å². The van der Waals surface area contributed by atoms with E-state index >= 15 is 0 Å². The molecule has 3 amide bonds. The van der Waals surface area contributed by atoms with Gasteiger partial charge >= 0.3 is 6.03 Å². The molecule has 0 aromatic carbocycles. The Kier molecular flexibility index (Phi) is 3.45. The zero-order valence-corrected chi connectivity index (χ0v) is 11.8. The molecule has 0 radical (unpaired) electrons. The number of ether oxygens (including phenoxy) is 1. The summed E-state index contributed by atoms with van der Waals surface area (Å²) in [5.41, 5.74) is 1.34. The molecule has 0 bridgehead atoms. The van der Waals surface area contributed by atoms with Crippen LogP contribution in [-0.2, 0) is 9.53 Å². The number of methoxy groups -OCH3 is 1. The molecule has 7 heteroatoms.